The average molecular weight is 346 g/mol. The summed E-state index contributed by atoms with van der Waals surface area (Å²) in [6.45, 7) is 2.26. The Morgan fingerprint density at radius 2 is 2.19 bits per heavy atom. The topological polar surface area (TPSA) is 26.3 Å². The number of allylic oxidation sites excluding steroid dienone is 1. The van der Waals surface area contributed by atoms with Gasteiger partial charge in [0, 0.05) is 10.9 Å². The van der Waals surface area contributed by atoms with Crippen molar-refractivity contribution < 1.29 is 9.53 Å². The number of benzene rings is 1. The number of ketones is 1. The molecule has 4 heteroatoms. The van der Waals surface area contributed by atoms with Gasteiger partial charge in [-0.05, 0) is 62.1 Å². The summed E-state index contributed by atoms with van der Waals surface area (Å²) in [5.74, 6) is 0.951. The van der Waals surface area contributed by atoms with Crippen LogP contribution in [-0.2, 0) is 11.2 Å². The van der Waals surface area contributed by atoms with Crippen molar-refractivity contribution in [3.63, 3.8) is 0 Å². The second-order valence-corrected chi connectivity index (χ2v) is 5.21. The monoisotopic (exact) mass is 344 g/mol. The van der Waals surface area contributed by atoms with Gasteiger partial charge in [0.1, 0.15) is 5.75 Å². The summed E-state index contributed by atoms with van der Waals surface area (Å²) >= 11 is 6.99. The Kier molecular flexibility index (Phi) is 3.50. The second kappa shape index (κ2) is 4.72. The highest BCUT2D eigenvalue weighted by molar-refractivity contribution is 9.13. The highest BCUT2D eigenvalue weighted by atomic mass is 79.9. The number of ether oxygens (including phenoxy) is 1. The summed E-state index contributed by atoms with van der Waals surface area (Å²) in [6.07, 6.45) is 4.30. The van der Waals surface area contributed by atoms with E-state index >= 15 is 0 Å². The molecule has 0 radical (unpaired) electrons. The van der Waals surface area contributed by atoms with Crippen LogP contribution in [0.2, 0.25) is 0 Å². The van der Waals surface area contributed by atoms with Crippen LogP contribution in [0.1, 0.15) is 18.1 Å². The number of hydrogen-bond donors (Lipinski definition) is 0. The van der Waals surface area contributed by atoms with Crippen LogP contribution in [0.4, 0.5) is 0 Å². The zero-order valence-corrected chi connectivity index (χ0v) is 11.9. The van der Waals surface area contributed by atoms with E-state index in [0.29, 0.717) is 0 Å². The van der Waals surface area contributed by atoms with E-state index in [4.69, 9.17) is 4.74 Å². The summed E-state index contributed by atoms with van der Waals surface area (Å²) in [5.41, 5.74) is 2.17. The molecular weight excluding hydrogens is 336 g/mol. The van der Waals surface area contributed by atoms with Crippen molar-refractivity contribution in [3.05, 3.63) is 32.2 Å². The summed E-state index contributed by atoms with van der Waals surface area (Å²) < 4.78 is 7.37. The first kappa shape index (κ1) is 11.9. The molecule has 2 nitrogen and oxygen atoms in total. The van der Waals surface area contributed by atoms with Crippen LogP contribution < -0.4 is 4.74 Å². The molecule has 16 heavy (non-hydrogen) atoms. The van der Waals surface area contributed by atoms with Gasteiger partial charge in [0.05, 0.1) is 11.1 Å². The minimum Gasteiger partial charge on any atom is -0.492 e. The zero-order valence-electron chi connectivity index (χ0n) is 8.72. The first-order chi connectivity index (χ1) is 7.59. The number of carbonyl (C=O) groups excluding carboxylic acids is 1. The van der Waals surface area contributed by atoms with Crippen LogP contribution in [0.25, 0.3) is 6.08 Å². The van der Waals surface area contributed by atoms with Gasteiger partial charge in [-0.25, -0.2) is 0 Å². The lowest BCUT2D eigenvalue weighted by atomic mass is 10.1. The molecule has 1 aliphatic heterocycles. The molecule has 0 atom stereocenters. The van der Waals surface area contributed by atoms with Crippen molar-refractivity contribution in [3.8, 4) is 5.75 Å². The van der Waals surface area contributed by atoms with E-state index in [0.717, 1.165) is 33.3 Å². The van der Waals surface area contributed by atoms with Gasteiger partial charge in [0.2, 0.25) is 0 Å². The molecule has 1 aromatic carbocycles. The van der Waals surface area contributed by atoms with E-state index in [9.17, 15) is 4.79 Å². The van der Waals surface area contributed by atoms with Crippen LogP contribution in [0.15, 0.2) is 21.1 Å². The fraction of sp³-hybridized carbons (Fsp3) is 0.250. The van der Waals surface area contributed by atoms with Gasteiger partial charge < -0.3 is 4.74 Å². The molecular formula is C12H10Br2O2. The molecule has 0 bridgehead atoms. The molecule has 1 aliphatic rings. The maximum Gasteiger partial charge on any atom is 0.152 e. The van der Waals surface area contributed by atoms with Crippen molar-refractivity contribution in [1.29, 1.82) is 0 Å². The third-order valence-electron chi connectivity index (χ3n) is 2.38. The molecule has 0 aliphatic carbocycles. The van der Waals surface area contributed by atoms with E-state index in [-0.39, 0.29) is 5.78 Å². The molecule has 0 spiro atoms. The highest BCUT2D eigenvalue weighted by Gasteiger charge is 2.19. The minimum absolute atomic E-state index is 0.0415. The largest absolute Gasteiger partial charge is 0.492 e. The molecule has 84 valence electrons. The Morgan fingerprint density at radius 1 is 1.44 bits per heavy atom. The van der Waals surface area contributed by atoms with Crippen molar-refractivity contribution in [1.82, 2.24) is 0 Å². The van der Waals surface area contributed by atoms with E-state index in [1.165, 1.54) is 12.5 Å². The predicted molar refractivity (Wildman–Crippen MR) is 70.8 cm³/mol. The summed E-state index contributed by atoms with van der Waals surface area (Å²) in [6, 6.07) is 2.05. The standard InChI is InChI=1S/C12H10Br2O2/c1-7(15)2-3-8-6-9-4-5-16-12(9)11(14)10(8)13/h2-3,6H,4-5H2,1H3/b3-2+. The van der Waals surface area contributed by atoms with Crippen LogP contribution in [0.5, 0.6) is 5.75 Å². The Balaban J connectivity index is 2.48. The first-order valence-corrected chi connectivity index (χ1v) is 6.50. The highest BCUT2D eigenvalue weighted by Crippen LogP contribution is 2.41. The smallest absolute Gasteiger partial charge is 0.152 e. The van der Waals surface area contributed by atoms with Crippen molar-refractivity contribution in [2.24, 2.45) is 0 Å². The number of rotatable bonds is 2. The summed E-state index contributed by atoms with van der Waals surface area (Å²) in [4.78, 5) is 10.9. The van der Waals surface area contributed by atoms with Gasteiger partial charge in [-0.2, -0.15) is 0 Å². The lowest BCUT2D eigenvalue weighted by molar-refractivity contribution is -0.112. The Labute approximate surface area is 111 Å². The predicted octanol–water partition coefficient (Wildman–Crippen LogP) is 3.75. The second-order valence-electron chi connectivity index (χ2n) is 3.62. The maximum absolute atomic E-state index is 10.9. The van der Waals surface area contributed by atoms with E-state index in [1.807, 2.05) is 6.08 Å². The molecule has 0 N–H and O–H groups in total. The van der Waals surface area contributed by atoms with Gasteiger partial charge in [-0.15, -0.1) is 0 Å². The van der Waals surface area contributed by atoms with E-state index in [1.54, 1.807) is 6.08 Å². The summed E-state index contributed by atoms with van der Waals surface area (Å²) in [5, 5.41) is 0. The Hall–Kier alpha value is -0.610. The van der Waals surface area contributed by atoms with Gasteiger partial charge in [-0.3, -0.25) is 4.79 Å². The molecule has 1 heterocycles. The molecule has 0 saturated heterocycles. The number of halogens is 2. The molecule has 0 aromatic heterocycles. The maximum atomic E-state index is 10.9. The zero-order chi connectivity index (χ0) is 11.7. The van der Waals surface area contributed by atoms with Crippen LogP contribution in [0.3, 0.4) is 0 Å². The molecule has 1 aromatic rings. The van der Waals surface area contributed by atoms with Gasteiger partial charge in [0.15, 0.2) is 5.78 Å². The lowest BCUT2D eigenvalue weighted by Gasteiger charge is -2.07. The van der Waals surface area contributed by atoms with Crippen molar-refractivity contribution in [2.75, 3.05) is 6.61 Å². The van der Waals surface area contributed by atoms with Crippen LogP contribution in [-0.4, -0.2) is 12.4 Å². The minimum atomic E-state index is 0.0415. The molecule has 0 amide bonds. The van der Waals surface area contributed by atoms with Gasteiger partial charge in [0.25, 0.3) is 0 Å². The molecule has 0 saturated carbocycles. The van der Waals surface area contributed by atoms with Crippen LogP contribution in [0, 0.1) is 0 Å². The molecule has 2 rings (SSSR count). The quantitative estimate of drug-likeness (QED) is 0.763. The Morgan fingerprint density at radius 3 is 2.88 bits per heavy atom. The summed E-state index contributed by atoms with van der Waals surface area (Å²) in [7, 11) is 0. The number of fused-ring (bicyclic) bond motifs is 1. The average Bonchev–Trinajstić information content (AvgIpc) is 2.69. The number of carbonyl (C=O) groups is 1. The van der Waals surface area contributed by atoms with Crippen molar-refractivity contribution >= 4 is 43.7 Å². The van der Waals surface area contributed by atoms with Crippen LogP contribution >= 0.6 is 31.9 Å². The number of hydrogen-bond acceptors (Lipinski definition) is 2. The molecule has 0 unspecified atom stereocenters. The Bertz CT molecular complexity index is 478. The first-order valence-electron chi connectivity index (χ1n) is 4.92. The van der Waals surface area contributed by atoms with E-state index in [2.05, 4.69) is 37.9 Å². The third kappa shape index (κ3) is 2.23. The fourth-order valence-electron chi connectivity index (χ4n) is 1.62. The lowest BCUT2D eigenvalue weighted by Crippen LogP contribution is -1.88. The van der Waals surface area contributed by atoms with Gasteiger partial charge >= 0.3 is 0 Å². The SMILES string of the molecule is CC(=O)/C=C/c1cc2c(c(Br)c1Br)OCC2. The molecule has 0 fully saturated rings. The van der Waals surface area contributed by atoms with Gasteiger partial charge in [-0.1, -0.05) is 6.08 Å². The fourth-order valence-corrected chi connectivity index (χ4v) is 2.64. The third-order valence-corrected chi connectivity index (χ3v) is 4.53. The normalized spacial score (nSPS) is 13.9. The van der Waals surface area contributed by atoms with E-state index < -0.39 is 0 Å². The van der Waals surface area contributed by atoms with Crippen molar-refractivity contribution in [2.45, 2.75) is 13.3 Å².